The fourth-order valence-corrected chi connectivity index (χ4v) is 2.40. The van der Waals surface area contributed by atoms with E-state index in [0.29, 0.717) is 6.42 Å². The zero-order valence-electron chi connectivity index (χ0n) is 11.9. The van der Waals surface area contributed by atoms with Gasteiger partial charge in [-0.2, -0.15) is 0 Å². The molecule has 0 heterocycles. The van der Waals surface area contributed by atoms with E-state index in [2.05, 4.69) is 0 Å². The Kier molecular flexibility index (Phi) is 4.49. The maximum Gasteiger partial charge on any atom is 0.161 e. The quantitative estimate of drug-likeness (QED) is 0.818. The van der Waals surface area contributed by atoms with E-state index >= 15 is 0 Å². The van der Waals surface area contributed by atoms with Crippen LogP contribution in [0, 0.1) is 5.41 Å². The van der Waals surface area contributed by atoms with E-state index in [-0.39, 0.29) is 17.0 Å². The van der Waals surface area contributed by atoms with E-state index in [9.17, 15) is 14.7 Å². The van der Waals surface area contributed by atoms with E-state index in [4.69, 9.17) is 0 Å². The molecule has 18 heavy (non-hydrogen) atoms. The first-order valence-electron chi connectivity index (χ1n) is 6.62. The van der Waals surface area contributed by atoms with Crippen molar-refractivity contribution < 1.29 is 14.7 Å². The number of carbonyl (C=O) groups is 2. The molecule has 0 unspecified atom stereocenters. The van der Waals surface area contributed by atoms with Gasteiger partial charge in [0.05, 0.1) is 5.60 Å². The topological polar surface area (TPSA) is 54.4 Å². The fourth-order valence-electron chi connectivity index (χ4n) is 2.40. The molecule has 0 bridgehead atoms. The van der Waals surface area contributed by atoms with Gasteiger partial charge in [0.15, 0.2) is 5.78 Å². The van der Waals surface area contributed by atoms with Crippen molar-refractivity contribution in [1.29, 1.82) is 0 Å². The highest BCUT2D eigenvalue weighted by atomic mass is 16.3. The molecule has 0 aromatic carbocycles. The van der Waals surface area contributed by atoms with Crippen molar-refractivity contribution in [1.82, 2.24) is 0 Å². The number of hydrogen-bond acceptors (Lipinski definition) is 3. The van der Waals surface area contributed by atoms with Crippen molar-refractivity contribution in [3.05, 3.63) is 11.6 Å². The summed E-state index contributed by atoms with van der Waals surface area (Å²) in [6, 6.07) is 0. The van der Waals surface area contributed by atoms with Gasteiger partial charge in [-0.1, -0.05) is 6.92 Å². The molecule has 0 spiro atoms. The summed E-state index contributed by atoms with van der Waals surface area (Å²) in [6.07, 6.45) is 5.19. The monoisotopic (exact) mass is 252 g/mol. The van der Waals surface area contributed by atoms with Crippen LogP contribution in [0.5, 0.6) is 0 Å². The van der Waals surface area contributed by atoms with E-state index < -0.39 is 5.60 Å². The first-order chi connectivity index (χ1) is 8.15. The van der Waals surface area contributed by atoms with Gasteiger partial charge in [-0.05, 0) is 58.1 Å². The Bertz CT molecular complexity index is 374. The summed E-state index contributed by atoms with van der Waals surface area (Å²) in [7, 11) is 0. The second-order valence-electron chi connectivity index (χ2n) is 6.21. The molecule has 0 aliphatic heterocycles. The lowest BCUT2D eigenvalue weighted by Crippen LogP contribution is -2.34. The summed E-state index contributed by atoms with van der Waals surface area (Å²) in [4.78, 5) is 23.1. The zero-order chi connectivity index (χ0) is 14.0. The number of carbonyl (C=O) groups excluding carboxylic acids is 2. The van der Waals surface area contributed by atoms with Crippen molar-refractivity contribution in [2.75, 3.05) is 0 Å². The average molecular weight is 252 g/mol. The summed E-state index contributed by atoms with van der Waals surface area (Å²) < 4.78 is 0. The highest BCUT2D eigenvalue weighted by Gasteiger charge is 2.37. The van der Waals surface area contributed by atoms with Gasteiger partial charge in [-0.3, -0.25) is 4.79 Å². The van der Waals surface area contributed by atoms with Crippen LogP contribution in [-0.2, 0) is 9.59 Å². The Morgan fingerprint density at radius 3 is 2.56 bits per heavy atom. The normalized spacial score (nSPS) is 24.9. The van der Waals surface area contributed by atoms with Crippen LogP contribution in [0.3, 0.4) is 0 Å². The minimum atomic E-state index is -0.906. The summed E-state index contributed by atoms with van der Waals surface area (Å²) in [5, 5.41) is 9.91. The van der Waals surface area contributed by atoms with Crippen LogP contribution in [0.15, 0.2) is 11.6 Å². The molecular formula is C15H24O3. The van der Waals surface area contributed by atoms with Crippen molar-refractivity contribution in [2.45, 2.75) is 65.4 Å². The molecule has 0 aromatic rings. The summed E-state index contributed by atoms with van der Waals surface area (Å²) in [5.41, 5.74) is -0.447. The first kappa shape index (κ1) is 15.1. The minimum absolute atomic E-state index is 0.0921. The Labute approximate surface area is 109 Å². The van der Waals surface area contributed by atoms with Gasteiger partial charge in [0.2, 0.25) is 0 Å². The molecule has 0 saturated carbocycles. The number of ketones is 2. The Morgan fingerprint density at radius 1 is 1.50 bits per heavy atom. The highest BCUT2D eigenvalue weighted by Crippen LogP contribution is 2.39. The number of aliphatic hydroxyl groups is 1. The van der Waals surface area contributed by atoms with Crippen molar-refractivity contribution in [2.24, 2.45) is 5.41 Å². The van der Waals surface area contributed by atoms with Crippen LogP contribution in [0.2, 0.25) is 0 Å². The lowest BCUT2D eigenvalue weighted by atomic mass is 9.70. The molecule has 3 heteroatoms. The number of allylic oxidation sites excluding steroid dienone is 1. The summed E-state index contributed by atoms with van der Waals surface area (Å²) >= 11 is 0. The molecule has 0 aromatic heterocycles. The molecule has 0 fully saturated rings. The molecule has 0 radical (unpaired) electrons. The predicted molar refractivity (Wildman–Crippen MR) is 71.3 cm³/mol. The van der Waals surface area contributed by atoms with Crippen LogP contribution in [0.25, 0.3) is 0 Å². The van der Waals surface area contributed by atoms with Gasteiger partial charge in [0.1, 0.15) is 5.78 Å². The fraction of sp³-hybridized carbons (Fsp3) is 0.733. The van der Waals surface area contributed by atoms with Gasteiger partial charge < -0.3 is 9.90 Å². The molecule has 1 atom stereocenters. The lowest BCUT2D eigenvalue weighted by Gasteiger charge is -2.34. The molecule has 102 valence electrons. The average Bonchev–Trinajstić information content (AvgIpc) is 2.20. The minimum Gasteiger partial charge on any atom is -0.386 e. The van der Waals surface area contributed by atoms with Crippen LogP contribution in [0.4, 0.5) is 0 Å². The Hall–Kier alpha value is -0.960. The molecule has 0 saturated heterocycles. The molecule has 3 nitrogen and oxygen atoms in total. The standard InChI is InChI=1S/C15H24O3/c1-11(16)6-5-8-15(4)9-7-12(10-13(15)17)14(2,3)18/h10,18H,5-9H2,1-4H3/t15-/m1/s1. The molecule has 1 rings (SSSR count). The maximum atomic E-state index is 12.2. The smallest absolute Gasteiger partial charge is 0.161 e. The van der Waals surface area contributed by atoms with Gasteiger partial charge in [0, 0.05) is 11.8 Å². The number of Topliss-reactive ketones (excluding diaryl/α,β-unsaturated/α-hetero) is 1. The van der Waals surface area contributed by atoms with Gasteiger partial charge in [0.25, 0.3) is 0 Å². The summed E-state index contributed by atoms with van der Waals surface area (Å²) in [5.74, 6) is 0.268. The molecule has 1 N–H and O–H groups in total. The van der Waals surface area contributed by atoms with E-state index in [1.54, 1.807) is 26.8 Å². The Morgan fingerprint density at radius 2 is 2.11 bits per heavy atom. The second-order valence-corrected chi connectivity index (χ2v) is 6.21. The van der Waals surface area contributed by atoms with Crippen LogP contribution >= 0.6 is 0 Å². The summed E-state index contributed by atoms with van der Waals surface area (Å²) in [6.45, 7) is 6.97. The number of rotatable bonds is 5. The van der Waals surface area contributed by atoms with Crippen LogP contribution < -0.4 is 0 Å². The number of hydrogen-bond donors (Lipinski definition) is 1. The Balaban J connectivity index is 2.69. The molecular weight excluding hydrogens is 228 g/mol. The van der Waals surface area contributed by atoms with E-state index in [1.807, 2.05) is 6.92 Å². The van der Waals surface area contributed by atoms with Crippen molar-refractivity contribution in [3.63, 3.8) is 0 Å². The van der Waals surface area contributed by atoms with E-state index in [0.717, 1.165) is 31.3 Å². The molecule has 1 aliphatic carbocycles. The lowest BCUT2D eigenvalue weighted by molar-refractivity contribution is -0.125. The van der Waals surface area contributed by atoms with Gasteiger partial charge >= 0.3 is 0 Å². The highest BCUT2D eigenvalue weighted by molar-refractivity contribution is 5.96. The van der Waals surface area contributed by atoms with Crippen molar-refractivity contribution >= 4 is 11.6 Å². The van der Waals surface area contributed by atoms with E-state index in [1.165, 1.54) is 0 Å². The SMILES string of the molecule is CC(=O)CCC[C@]1(C)CCC(C(C)(C)O)=CC1=O. The largest absolute Gasteiger partial charge is 0.386 e. The zero-order valence-corrected chi connectivity index (χ0v) is 11.9. The third-order valence-electron chi connectivity index (χ3n) is 3.89. The first-order valence-corrected chi connectivity index (χ1v) is 6.62. The van der Waals surface area contributed by atoms with Gasteiger partial charge in [-0.15, -0.1) is 0 Å². The molecule has 0 amide bonds. The third kappa shape index (κ3) is 3.77. The predicted octanol–water partition coefficient (Wildman–Crippen LogP) is 2.81. The van der Waals surface area contributed by atoms with Gasteiger partial charge in [-0.25, -0.2) is 0 Å². The third-order valence-corrected chi connectivity index (χ3v) is 3.89. The second kappa shape index (κ2) is 5.35. The molecule has 1 aliphatic rings. The maximum absolute atomic E-state index is 12.2. The van der Waals surface area contributed by atoms with Crippen molar-refractivity contribution in [3.8, 4) is 0 Å². The van der Waals surface area contributed by atoms with Crippen LogP contribution in [-0.4, -0.2) is 22.3 Å². The van der Waals surface area contributed by atoms with Crippen LogP contribution in [0.1, 0.15) is 59.8 Å².